The van der Waals surface area contributed by atoms with E-state index >= 15 is 0 Å². The van der Waals surface area contributed by atoms with E-state index in [2.05, 4.69) is 25.5 Å². The van der Waals surface area contributed by atoms with E-state index in [9.17, 15) is 0 Å². The molecule has 5 rings (SSSR count). The van der Waals surface area contributed by atoms with Crippen LogP contribution in [0.5, 0.6) is 11.5 Å². The lowest BCUT2D eigenvalue weighted by Crippen LogP contribution is -1.91. The Morgan fingerprint density at radius 1 is 1.00 bits per heavy atom. The first-order valence-corrected chi connectivity index (χ1v) is 7.21. The van der Waals surface area contributed by atoms with Gasteiger partial charge in [0.1, 0.15) is 12.1 Å². The summed E-state index contributed by atoms with van der Waals surface area (Å²) in [5.74, 6) is 2.28. The average Bonchev–Trinajstić information content (AvgIpc) is 2.92. The largest absolute Gasteiger partial charge is 0.454 e. The predicted molar refractivity (Wildman–Crippen MR) is 86.9 cm³/mol. The molecule has 23 heavy (non-hydrogen) atoms. The Morgan fingerprint density at radius 3 is 2.87 bits per heavy atom. The molecule has 110 valence electrons. The third kappa shape index (κ3) is 1.85. The minimum atomic E-state index is 0.748. The number of nitrogens with one attached hydrogen (secondary N) is 2. The third-order valence-corrected chi connectivity index (χ3v) is 3.86. The molecule has 2 N–H and O–H groups in total. The molecule has 0 aliphatic carbocycles. The highest BCUT2D eigenvalue weighted by molar-refractivity contribution is 6.00. The fourth-order valence-electron chi connectivity index (χ4n) is 2.81. The van der Waals surface area contributed by atoms with Crippen LogP contribution in [0.3, 0.4) is 0 Å². The highest BCUT2D eigenvalue weighted by Gasteiger charge is 2.20. The zero-order valence-electron chi connectivity index (χ0n) is 11.9. The van der Waals surface area contributed by atoms with Crippen molar-refractivity contribution in [3.8, 4) is 22.8 Å². The molecular formula is C17H11N5O. The maximum atomic E-state index is 6.13. The quantitative estimate of drug-likeness (QED) is 0.491. The molecule has 0 saturated carbocycles. The first kappa shape index (κ1) is 12.2. The van der Waals surface area contributed by atoms with Gasteiger partial charge in [-0.15, -0.1) is 0 Å². The van der Waals surface area contributed by atoms with Crippen molar-refractivity contribution in [3.05, 3.63) is 55.0 Å². The molecule has 0 atom stereocenters. The van der Waals surface area contributed by atoms with Gasteiger partial charge in [0, 0.05) is 11.8 Å². The van der Waals surface area contributed by atoms with E-state index in [1.54, 1.807) is 6.20 Å². The number of aromatic amines is 1. The summed E-state index contributed by atoms with van der Waals surface area (Å²) in [6.45, 7) is 0. The van der Waals surface area contributed by atoms with Crippen molar-refractivity contribution in [2.75, 3.05) is 5.32 Å². The molecular weight excluding hydrogens is 290 g/mol. The van der Waals surface area contributed by atoms with Crippen LogP contribution in [0.25, 0.3) is 22.2 Å². The lowest BCUT2D eigenvalue weighted by atomic mass is 10.1. The molecule has 6 heteroatoms. The molecule has 1 aliphatic rings. The maximum absolute atomic E-state index is 6.13. The highest BCUT2D eigenvalue weighted by Crippen LogP contribution is 2.43. The van der Waals surface area contributed by atoms with Gasteiger partial charge in [-0.05, 0) is 30.3 Å². The Balaban J connectivity index is 1.77. The van der Waals surface area contributed by atoms with Gasteiger partial charge in [-0.2, -0.15) is 5.10 Å². The Kier molecular flexibility index (Phi) is 2.40. The molecule has 2 aromatic heterocycles. The van der Waals surface area contributed by atoms with Crippen molar-refractivity contribution in [1.82, 2.24) is 20.2 Å². The van der Waals surface area contributed by atoms with E-state index in [0.717, 1.165) is 45.2 Å². The van der Waals surface area contributed by atoms with Gasteiger partial charge in [0.05, 0.1) is 22.3 Å². The van der Waals surface area contributed by atoms with Crippen LogP contribution in [-0.4, -0.2) is 20.2 Å². The molecule has 0 saturated heterocycles. The molecule has 0 fully saturated rings. The summed E-state index contributed by atoms with van der Waals surface area (Å²) in [7, 11) is 0. The van der Waals surface area contributed by atoms with E-state index in [4.69, 9.17) is 4.74 Å². The monoisotopic (exact) mass is 301 g/mol. The number of hydrogen-bond donors (Lipinski definition) is 2. The number of anilines is 2. The van der Waals surface area contributed by atoms with Crippen molar-refractivity contribution < 1.29 is 4.74 Å². The molecule has 3 heterocycles. The predicted octanol–water partition coefficient (Wildman–Crippen LogP) is 3.87. The van der Waals surface area contributed by atoms with Crippen LogP contribution < -0.4 is 10.1 Å². The van der Waals surface area contributed by atoms with Crippen LogP contribution in [-0.2, 0) is 0 Å². The van der Waals surface area contributed by atoms with Gasteiger partial charge < -0.3 is 10.1 Å². The van der Waals surface area contributed by atoms with Gasteiger partial charge in [-0.1, -0.05) is 12.1 Å². The van der Waals surface area contributed by atoms with Crippen molar-refractivity contribution in [1.29, 1.82) is 0 Å². The summed E-state index contributed by atoms with van der Waals surface area (Å²) in [6, 6.07) is 13.7. The average molecular weight is 301 g/mol. The van der Waals surface area contributed by atoms with E-state index in [-0.39, 0.29) is 0 Å². The fraction of sp³-hybridized carbons (Fsp3) is 0. The summed E-state index contributed by atoms with van der Waals surface area (Å²) in [6.07, 6.45) is 3.26. The molecule has 0 bridgehead atoms. The first-order chi connectivity index (χ1) is 11.4. The van der Waals surface area contributed by atoms with Crippen molar-refractivity contribution >= 4 is 22.4 Å². The minimum Gasteiger partial charge on any atom is -0.454 e. The zero-order valence-corrected chi connectivity index (χ0v) is 11.9. The van der Waals surface area contributed by atoms with Crippen LogP contribution in [0, 0.1) is 0 Å². The molecule has 6 nitrogen and oxygen atoms in total. The second kappa shape index (κ2) is 4.54. The number of H-pyrrole nitrogens is 1. The van der Waals surface area contributed by atoms with Crippen molar-refractivity contribution in [2.24, 2.45) is 0 Å². The third-order valence-electron chi connectivity index (χ3n) is 3.86. The summed E-state index contributed by atoms with van der Waals surface area (Å²) >= 11 is 0. The van der Waals surface area contributed by atoms with Crippen LogP contribution in [0.4, 0.5) is 11.5 Å². The van der Waals surface area contributed by atoms with E-state index in [1.807, 2.05) is 42.5 Å². The molecule has 2 aromatic carbocycles. The Hall–Kier alpha value is -3.41. The molecule has 0 unspecified atom stereocenters. The van der Waals surface area contributed by atoms with E-state index in [1.165, 1.54) is 6.33 Å². The van der Waals surface area contributed by atoms with Crippen LogP contribution >= 0.6 is 0 Å². The summed E-state index contributed by atoms with van der Waals surface area (Å²) in [5.41, 5.74) is 3.57. The van der Waals surface area contributed by atoms with Gasteiger partial charge in [-0.25, -0.2) is 9.97 Å². The maximum Gasteiger partial charge on any atom is 0.164 e. The fourth-order valence-corrected chi connectivity index (χ4v) is 2.81. The number of aromatic nitrogens is 4. The molecule has 0 amide bonds. The Bertz CT molecular complexity index is 1030. The number of para-hydroxylation sites is 2. The molecule has 0 spiro atoms. The van der Waals surface area contributed by atoms with Crippen molar-refractivity contribution in [3.63, 3.8) is 0 Å². The van der Waals surface area contributed by atoms with Crippen LogP contribution in [0.2, 0.25) is 0 Å². The SMILES string of the molecule is c1ccc2c(c1)Nc1n[nH]c3cc(-c4ccncn4)cc(c13)O2. The summed E-state index contributed by atoms with van der Waals surface area (Å²) < 4.78 is 6.13. The molecule has 1 aliphatic heterocycles. The highest BCUT2D eigenvalue weighted by atomic mass is 16.5. The summed E-state index contributed by atoms with van der Waals surface area (Å²) in [4.78, 5) is 8.27. The van der Waals surface area contributed by atoms with Crippen LogP contribution in [0.1, 0.15) is 0 Å². The second-order valence-electron chi connectivity index (χ2n) is 5.29. The lowest BCUT2D eigenvalue weighted by Gasteiger charge is -2.09. The Morgan fingerprint density at radius 2 is 1.96 bits per heavy atom. The van der Waals surface area contributed by atoms with Gasteiger partial charge in [0.15, 0.2) is 11.6 Å². The number of ether oxygens (including phenoxy) is 1. The number of nitrogens with zero attached hydrogens (tertiary/aromatic N) is 3. The van der Waals surface area contributed by atoms with Gasteiger partial charge in [-0.3, -0.25) is 5.10 Å². The van der Waals surface area contributed by atoms with Gasteiger partial charge in [0.25, 0.3) is 0 Å². The van der Waals surface area contributed by atoms with Crippen LogP contribution in [0.15, 0.2) is 55.0 Å². The lowest BCUT2D eigenvalue weighted by molar-refractivity contribution is 0.492. The summed E-state index contributed by atoms with van der Waals surface area (Å²) in [5, 5.41) is 11.7. The van der Waals surface area contributed by atoms with Gasteiger partial charge >= 0.3 is 0 Å². The number of fused-ring (bicyclic) bond motifs is 1. The van der Waals surface area contributed by atoms with Crippen molar-refractivity contribution in [2.45, 2.75) is 0 Å². The number of benzene rings is 2. The molecule has 0 radical (unpaired) electrons. The number of rotatable bonds is 1. The zero-order chi connectivity index (χ0) is 15.2. The Labute approximate surface area is 131 Å². The van der Waals surface area contributed by atoms with E-state index in [0.29, 0.717) is 0 Å². The second-order valence-corrected chi connectivity index (χ2v) is 5.29. The minimum absolute atomic E-state index is 0.748. The smallest absolute Gasteiger partial charge is 0.164 e. The topological polar surface area (TPSA) is 75.7 Å². The first-order valence-electron chi connectivity index (χ1n) is 7.21. The van der Waals surface area contributed by atoms with Gasteiger partial charge in [0.2, 0.25) is 0 Å². The molecule has 4 aromatic rings. The van der Waals surface area contributed by atoms with E-state index < -0.39 is 0 Å². The normalized spacial score (nSPS) is 12.2. The standard InChI is InChI=1S/C17H11N5O/c1-2-4-14-12(3-1)20-17-16-13(21-22-17)7-10(8-15(16)23-14)11-5-6-18-9-19-11/h1-9H,(H2,20,21,22). The number of hydrogen-bond acceptors (Lipinski definition) is 5.